The van der Waals surface area contributed by atoms with E-state index in [4.69, 9.17) is 9.57 Å². The standard InChI is InChI=1S/C15H25N3O2/c1-2-6-18(7-3-1)9-13-10-19-17-14(20-13)15-5-4-12(15)8-16-11-15/h12-13,16H,1-11H2/t12-,13?,15-/m0/s1. The van der Waals surface area contributed by atoms with E-state index < -0.39 is 0 Å². The maximum Gasteiger partial charge on any atom is 0.234 e. The zero-order valence-corrected chi connectivity index (χ0v) is 12.1. The topological polar surface area (TPSA) is 46.1 Å². The molecule has 1 unspecified atom stereocenters. The Labute approximate surface area is 120 Å². The lowest BCUT2D eigenvalue weighted by molar-refractivity contribution is -0.0327. The summed E-state index contributed by atoms with van der Waals surface area (Å²) < 4.78 is 6.24. The molecule has 1 saturated carbocycles. The first-order valence-electron chi connectivity index (χ1n) is 8.17. The van der Waals surface area contributed by atoms with Crippen molar-refractivity contribution in [2.75, 3.05) is 39.3 Å². The molecule has 0 aromatic rings. The molecule has 3 fully saturated rings. The third kappa shape index (κ3) is 2.11. The minimum atomic E-state index is 0.153. The summed E-state index contributed by atoms with van der Waals surface area (Å²) in [5, 5.41) is 7.76. The molecule has 3 atom stereocenters. The van der Waals surface area contributed by atoms with Gasteiger partial charge in [0.15, 0.2) is 6.61 Å². The van der Waals surface area contributed by atoms with E-state index in [0.29, 0.717) is 12.5 Å². The van der Waals surface area contributed by atoms with Crippen molar-refractivity contribution in [2.45, 2.75) is 38.2 Å². The van der Waals surface area contributed by atoms with E-state index in [1.807, 2.05) is 0 Å². The smallest absolute Gasteiger partial charge is 0.234 e. The largest absolute Gasteiger partial charge is 0.470 e. The second-order valence-corrected chi connectivity index (χ2v) is 6.82. The summed E-state index contributed by atoms with van der Waals surface area (Å²) in [5.74, 6) is 1.59. The van der Waals surface area contributed by atoms with Crippen molar-refractivity contribution in [1.82, 2.24) is 10.2 Å². The number of rotatable bonds is 3. The van der Waals surface area contributed by atoms with Crippen molar-refractivity contribution in [3.63, 3.8) is 0 Å². The Morgan fingerprint density at radius 2 is 2.20 bits per heavy atom. The second kappa shape index (κ2) is 5.19. The zero-order chi connectivity index (χ0) is 13.4. The molecular formula is C15H25N3O2. The van der Waals surface area contributed by atoms with Crippen LogP contribution < -0.4 is 5.32 Å². The van der Waals surface area contributed by atoms with Crippen molar-refractivity contribution in [1.29, 1.82) is 0 Å². The van der Waals surface area contributed by atoms with E-state index in [0.717, 1.165) is 25.5 Å². The highest BCUT2D eigenvalue weighted by Gasteiger charge is 2.56. The predicted molar refractivity (Wildman–Crippen MR) is 76.6 cm³/mol. The molecule has 4 rings (SSSR count). The van der Waals surface area contributed by atoms with Gasteiger partial charge >= 0.3 is 0 Å². The van der Waals surface area contributed by atoms with Gasteiger partial charge in [0, 0.05) is 13.1 Å². The molecule has 112 valence electrons. The maximum absolute atomic E-state index is 6.24. The van der Waals surface area contributed by atoms with E-state index in [1.165, 1.54) is 45.2 Å². The molecule has 20 heavy (non-hydrogen) atoms. The van der Waals surface area contributed by atoms with Crippen molar-refractivity contribution in [3.05, 3.63) is 0 Å². The summed E-state index contributed by atoms with van der Waals surface area (Å²) in [6, 6.07) is 0. The SMILES string of the molecule is C1CCN(CC2CON=C([C@]34CC[C@H]3CNC4)O2)CC1. The van der Waals surface area contributed by atoms with E-state index in [1.54, 1.807) is 0 Å². The Bertz CT molecular complexity index is 395. The maximum atomic E-state index is 6.24. The number of nitrogens with zero attached hydrogens (tertiary/aromatic N) is 2. The van der Waals surface area contributed by atoms with E-state index >= 15 is 0 Å². The Morgan fingerprint density at radius 1 is 1.30 bits per heavy atom. The molecule has 0 aromatic carbocycles. The number of piperidine rings is 1. The number of hydrogen-bond donors (Lipinski definition) is 1. The van der Waals surface area contributed by atoms with Gasteiger partial charge in [-0.3, -0.25) is 4.90 Å². The summed E-state index contributed by atoms with van der Waals surface area (Å²) in [5.41, 5.74) is 0.153. The molecule has 0 amide bonds. The quantitative estimate of drug-likeness (QED) is 0.843. The van der Waals surface area contributed by atoms with Crippen molar-refractivity contribution >= 4 is 5.90 Å². The van der Waals surface area contributed by atoms with Crippen LogP contribution in [0.2, 0.25) is 0 Å². The summed E-state index contributed by atoms with van der Waals surface area (Å²) in [6.45, 7) is 6.14. The normalized spacial score (nSPS) is 41.1. The number of hydrogen-bond acceptors (Lipinski definition) is 5. The molecule has 1 N–H and O–H groups in total. The van der Waals surface area contributed by atoms with Crippen molar-refractivity contribution in [3.8, 4) is 0 Å². The van der Waals surface area contributed by atoms with Crippen LogP contribution in [0.25, 0.3) is 0 Å². The van der Waals surface area contributed by atoms with Gasteiger partial charge in [0.2, 0.25) is 5.90 Å². The Hall–Kier alpha value is -0.810. The number of likely N-dealkylation sites (tertiary alicyclic amines) is 1. The van der Waals surface area contributed by atoms with Crippen molar-refractivity contribution < 1.29 is 9.57 Å². The van der Waals surface area contributed by atoms with Crippen LogP contribution in [-0.2, 0) is 9.57 Å². The first-order valence-corrected chi connectivity index (χ1v) is 8.17. The molecule has 0 radical (unpaired) electrons. The van der Waals surface area contributed by atoms with Gasteiger partial charge in [-0.2, -0.15) is 0 Å². The fraction of sp³-hybridized carbons (Fsp3) is 0.933. The van der Waals surface area contributed by atoms with Gasteiger partial charge in [-0.15, -0.1) is 0 Å². The van der Waals surface area contributed by atoms with Crippen LogP contribution in [0.15, 0.2) is 5.16 Å². The van der Waals surface area contributed by atoms with Gasteiger partial charge in [-0.25, -0.2) is 0 Å². The molecule has 4 aliphatic rings. The van der Waals surface area contributed by atoms with Crippen LogP contribution in [0.4, 0.5) is 0 Å². The molecule has 1 aliphatic carbocycles. The molecule has 0 spiro atoms. The van der Waals surface area contributed by atoms with Gasteiger partial charge in [-0.05, 0) is 51.2 Å². The minimum absolute atomic E-state index is 0.153. The highest BCUT2D eigenvalue weighted by Crippen LogP contribution is 2.50. The first-order chi connectivity index (χ1) is 9.87. The number of oxime groups is 1. The fourth-order valence-corrected chi connectivity index (χ4v) is 4.17. The monoisotopic (exact) mass is 279 g/mol. The summed E-state index contributed by atoms with van der Waals surface area (Å²) in [6.07, 6.45) is 6.68. The average Bonchev–Trinajstić information content (AvgIpc) is 2.76. The highest BCUT2D eigenvalue weighted by atomic mass is 16.7. The second-order valence-electron chi connectivity index (χ2n) is 6.82. The van der Waals surface area contributed by atoms with Crippen LogP contribution in [0, 0.1) is 11.3 Å². The summed E-state index contributed by atoms with van der Waals surface area (Å²) in [4.78, 5) is 8.02. The summed E-state index contributed by atoms with van der Waals surface area (Å²) in [7, 11) is 0. The van der Waals surface area contributed by atoms with E-state index in [2.05, 4.69) is 15.4 Å². The van der Waals surface area contributed by atoms with Crippen LogP contribution in [-0.4, -0.2) is 56.2 Å². The third-order valence-corrected chi connectivity index (χ3v) is 5.57. The average molecular weight is 279 g/mol. The molecular weight excluding hydrogens is 254 g/mol. The molecule has 3 aliphatic heterocycles. The van der Waals surface area contributed by atoms with Gasteiger partial charge in [0.05, 0.1) is 5.41 Å². The van der Waals surface area contributed by atoms with Gasteiger partial charge in [0.1, 0.15) is 6.10 Å². The number of ether oxygens (including phenoxy) is 1. The van der Waals surface area contributed by atoms with Gasteiger partial charge in [-0.1, -0.05) is 11.6 Å². The lowest BCUT2D eigenvalue weighted by atomic mass is 9.62. The Kier molecular flexibility index (Phi) is 3.34. The van der Waals surface area contributed by atoms with E-state index in [9.17, 15) is 0 Å². The van der Waals surface area contributed by atoms with Crippen LogP contribution in [0.3, 0.4) is 0 Å². The van der Waals surface area contributed by atoms with Crippen LogP contribution >= 0.6 is 0 Å². The molecule has 5 heteroatoms. The summed E-state index contributed by atoms with van der Waals surface area (Å²) >= 11 is 0. The molecule has 3 heterocycles. The van der Waals surface area contributed by atoms with Gasteiger partial charge in [0.25, 0.3) is 0 Å². The van der Waals surface area contributed by atoms with Gasteiger partial charge < -0.3 is 14.9 Å². The lowest BCUT2D eigenvalue weighted by Gasteiger charge is -2.45. The number of nitrogens with one attached hydrogen (secondary N) is 1. The fourth-order valence-electron chi connectivity index (χ4n) is 4.17. The highest BCUT2D eigenvalue weighted by molar-refractivity contribution is 5.85. The zero-order valence-electron chi connectivity index (χ0n) is 12.1. The third-order valence-electron chi connectivity index (χ3n) is 5.57. The first kappa shape index (κ1) is 12.9. The predicted octanol–water partition coefficient (Wildman–Crippen LogP) is 1.20. The molecule has 0 bridgehead atoms. The number of fused-ring (bicyclic) bond motifs is 1. The van der Waals surface area contributed by atoms with Crippen LogP contribution in [0.5, 0.6) is 0 Å². The Balaban J connectivity index is 1.39. The minimum Gasteiger partial charge on any atom is -0.470 e. The van der Waals surface area contributed by atoms with Crippen LogP contribution in [0.1, 0.15) is 32.1 Å². The molecule has 0 aromatic heterocycles. The Morgan fingerprint density at radius 3 is 2.95 bits per heavy atom. The molecule has 5 nitrogen and oxygen atoms in total. The molecule has 2 saturated heterocycles. The lowest BCUT2D eigenvalue weighted by Crippen LogP contribution is -2.52. The van der Waals surface area contributed by atoms with E-state index in [-0.39, 0.29) is 11.5 Å². The van der Waals surface area contributed by atoms with Crippen molar-refractivity contribution in [2.24, 2.45) is 16.5 Å².